The molecule has 3 heteroatoms. The molecule has 0 radical (unpaired) electrons. The monoisotopic (exact) mass is 289 g/mol. The van der Waals surface area contributed by atoms with Crippen LogP contribution in [0.2, 0.25) is 0 Å². The lowest BCUT2D eigenvalue weighted by molar-refractivity contribution is 0.0370. The lowest BCUT2D eigenvalue weighted by atomic mass is 9.73. The van der Waals surface area contributed by atoms with Crippen LogP contribution < -0.4 is 0 Å². The summed E-state index contributed by atoms with van der Waals surface area (Å²) in [6.07, 6.45) is 4.48. The second-order valence-electron chi connectivity index (χ2n) is 5.69. The largest absolute Gasteiger partial charge is 0.317 e. The van der Waals surface area contributed by atoms with Crippen molar-refractivity contribution in [1.82, 2.24) is 4.90 Å². The van der Waals surface area contributed by atoms with Crippen molar-refractivity contribution < 1.29 is 9.59 Å². The summed E-state index contributed by atoms with van der Waals surface area (Å²) in [7, 11) is 0. The normalized spacial score (nSPS) is 23.2. The molecule has 0 aliphatic carbocycles. The molecule has 108 valence electrons. The maximum Gasteiger partial charge on any atom is 0.255 e. The second kappa shape index (κ2) is 4.67. The highest BCUT2D eigenvalue weighted by Crippen LogP contribution is 2.43. The SMILES string of the molecule is O=C1c2ccccc2C(=O)C2(c3ccccc3)CC=CCN12. The van der Waals surface area contributed by atoms with Crippen molar-refractivity contribution in [3.8, 4) is 0 Å². The topological polar surface area (TPSA) is 37.4 Å². The van der Waals surface area contributed by atoms with E-state index in [1.54, 1.807) is 23.1 Å². The molecule has 0 fully saturated rings. The van der Waals surface area contributed by atoms with Gasteiger partial charge < -0.3 is 4.90 Å². The molecule has 0 aromatic heterocycles. The van der Waals surface area contributed by atoms with Gasteiger partial charge in [-0.3, -0.25) is 9.59 Å². The quantitative estimate of drug-likeness (QED) is 0.756. The van der Waals surface area contributed by atoms with Crippen molar-refractivity contribution in [2.75, 3.05) is 6.54 Å². The van der Waals surface area contributed by atoms with E-state index in [0.29, 0.717) is 24.1 Å². The minimum absolute atomic E-state index is 0.0123. The lowest BCUT2D eigenvalue weighted by Gasteiger charge is -2.47. The summed E-state index contributed by atoms with van der Waals surface area (Å²) >= 11 is 0. The average molecular weight is 289 g/mol. The smallest absolute Gasteiger partial charge is 0.255 e. The number of hydrogen-bond donors (Lipinski definition) is 0. The van der Waals surface area contributed by atoms with Crippen LogP contribution in [-0.2, 0) is 5.54 Å². The van der Waals surface area contributed by atoms with E-state index in [2.05, 4.69) is 0 Å². The van der Waals surface area contributed by atoms with E-state index in [1.165, 1.54) is 0 Å². The highest BCUT2D eigenvalue weighted by Gasteiger charge is 2.52. The van der Waals surface area contributed by atoms with Crippen LogP contribution in [0.1, 0.15) is 32.7 Å². The molecule has 1 amide bonds. The van der Waals surface area contributed by atoms with Gasteiger partial charge >= 0.3 is 0 Å². The van der Waals surface area contributed by atoms with Crippen LogP contribution in [-0.4, -0.2) is 23.1 Å². The fourth-order valence-electron chi connectivity index (χ4n) is 3.53. The van der Waals surface area contributed by atoms with Crippen LogP contribution in [0.15, 0.2) is 66.7 Å². The zero-order valence-corrected chi connectivity index (χ0v) is 12.0. The third kappa shape index (κ3) is 1.56. The summed E-state index contributed by atoms with van der Waals surface area (Å²) in [6.45, 7) is 0.466. The number of nitrogens with zero attached hydrogens (tertiary/aromatic N) is 1. The Kier molecular flexibility index (Phi) is 2.76. The molecule has 2 aliphatic rings. The van der Waals surface area contributed by atoms with Crippen molar-refractivity contribution >= 4 is 11.7 Å². The van der Waals surface area contributed by atoms with Gasteiger partial charge in [0.25, 0.3) is 5.91 Å². The first kappa shape index (κ1) is 13.0. The maximum atomic E-state index is 13.3. The predicted molar refractivity (Wildman–Crippen MR) is 83.7 cm³/mol. The summed E-state index contributed by atoms with van der Waals surface area (Å²) in [5.74, 6) is -0.0540. The molecule has 0 N–H and O–H groups in total. The molecule has 0 saturated heterocycles. The Balaban J connectivity index is 2.01. The molecule has 2 aliphatic heterocycles. The fraction of sp³-hybridized carbons (Fsp3) is 0.158. The Labute approximate surface area is 128 Å². The summed E-state index contributed by atoms with van der Waals surface area (Å²) < 4.78 is 0. The third-order valence-corrected chi connectivity index (χ3v) is 4.60. The van der Waals surface area contributed by atoms with Crippen LogP contribution in [0, 0.1) is 0 Å². The predicted octanol–water partition coefficient (Wildman–Crippen LogP) is 3.18. The number of benzene rings is 2. The summed E-state index contributed by atoms with van der Waals surface area (Å²) in [4.78, 5) is 27.9. The Morgan fingerprint density at radius 1 is 0.818 bits per heavy atom. The molecule has 0 saturated carbocycles. The van der Waals surface area contributed by atoms with Crippen molar-refractivity contribution in [3.63, 3.8) is 0 Å². The Hall–Kier alpha value is -2.68. The molecular weight excluding hydrogens is 274 g/mol. The van der Waals surface area contributed by atoms with Gasteiger partial charge in [-0.15, -0.1) is 0 Å². The van der Waals surface area contributed by atoms with Crippen LogP contribution in [0.4, 0.5) is 0 Å². The first-order valence-electron chi connectivity index (χ1n) is 7.41. The van der Waals surface area contributed by atoms with E-state index in [0.717, 1.165) is 5.56 Å². The molecule has 1 unspecified atom stereocenters. The third-order valence-electron chi connectivity index (χ3n) is 4.60. The van der Waals surface area contributed by atoms with Gasteiger partial charge in [-0.1, -0.05) is 60.7 Å². The molecular formula is C19H15NO2. The minimum Gasteiger partial charge on any atom is -0.317 e. The number of rotatable bonds is 1. The Morgan fingerprint density at radius 2 is 1.50 bits per heavy atom. The number of hydrogen-bond acceptors (Lipinski definition) is 2. The van der Waals surface area contributed by atoms with Crippen molar-refractivity contribution in [1.29, 1.82) is 0 Å². The summed E-state index contributed by atoms with van der Waals surface area (Å²) in [6, 6.07) is 16.7. The molecule has 1 atom stereocenters. The van der Waals surface area contributed by atoms with Gasteiger partial charge in [0.15, 0.2) is 5.78 Å². The zero-order chi connectivity index (χ0) is 15.2. The average Bonchev–Trinajstić information content (AvgIpc) is 2.60. The minimum atomic E-state index is -0.901. The molecule has 2 aromatic rings. The van der Waals surface area contributed by atoms with Crippen LogP contribution in [0.5, 0.6) is 0 Å². The second-order valence-corrected chi connectivity index (χ2v) is 5.69. The van der Waals surface area contributed by atoms with Crippen molar-refractivity contribution in [3.05, 3.63) is 83.4 Å². The highest BCUT2D eigenvalue weighted by molar-refractivity contribution is 6.17. The molecule has 22 heavy (non-hydrogen) atoms. The molecule has 4 rings (SSSR count). The van der Waals surface area contributed by atoms with E-state index in [-0.39, 0.29) is 11.7 Å². The van der Waals surface area contributed by atoms with E-state index < -0.39 is 5.54 Å². The van der Waals surface area contributed by atoms with Crippen molar-refractivity contribution in [2.45, 2.75) is 12.0 Å². The van der Waals surface area contributed by atoms with Crippen LogP contribution in [0.25, 0.3) is 0 Å². The number of fused-ring (bicyclic) bond motifs is 2. The Morgan fingerprint density at radius 3 is 2.27 bits per heavy atom. The van der Waals surface area contributed by atoms with Crippen molar-refractivity contribution in [2.24, 2.45) is 0 Å². The molecule has 0 bridgehead atoms. The fourth-order valence-corrected chi connectivity index (χ4v) is 3.53. The number of carbonyl (C=O) groups excluding carboxylic acids is 2. The van der Waals surface area contributed by atoms with Gasteiger partial charge in [-0.2, -0.15) is 0 Å². The maximum absolute atomic E-state index is 13.3. The van der Waals surface area contributed by atoms with Gasteiger partial charge in [0.2, 0.25) is 0 Å². The number of ketones is 1. The first-order valence-corrected chi connectivity index (χ1v) is 7.41. The van der Waals surface area contributed by atoms with E-state index in [1.807, 2.05) is 48.6 Å². The summed E-state index contributed by atoms with van der Waals surface area (Å²) in [5.41, 5.74) is 1.02. The first-order chi connectivity index (χ1) is 10.7. The van der Waals surface area contributed by atoms with Crippen LogP contribution in [0.3, 0.4) is 0 Å². The highest BCUT2D eigenvalue weighted by atomic mass is 16.2. The molecule has 0 spiro atoms. The molecule has 2 heterocycles. The summed E-state index contributed by atoms with van der Waals surface area (Å²) in [5, 5.41) is 0. The van der Waals surface area contributed by atoms with E-state index in [9.17, 15) is 9.59 Å². The van der Waals surface area contributed by atoms with Gasteiger partial charge in [-0.25, -0.2) is 0 Å². The zero-order valence-electron chi connectivity index (χ0n) is 12.0. The molecule has 2 aromatic carbocycles. The number of Topliss-reactive ketones (excluding diaryl/α,β-unsaturated/α-hetero) is 1. The van der Waals surface area contributed by atoms with Gasteiger partial charge in [0.05, 0.1) is 5.56 Å². The molecule has 3 nitrogen and oxygen atoms in total. The van der Waals surface area contributed by atoms with Gasteiger partial charge in [0, 0.05) is 18.5 Å². The van der Waals surface area contributed by atoms with Gasteiger partial charge in [0.1, 0.15) is 5.54 Å². The standard InChI is InChI=1S/C19H15NO2/c21-17-15-10-4-5-11-16(15)18(22)20-13-7-6-12-19(17,20)14-8-2-1-3-9-14/h1-11H,12-13H2. The van der Waals surface area contributed by atoms with E-state index in [4.69, 9.17) is 0 Å². The lowest BCUT2D eigenvalue weighted by Crippen LogP contribution is -2.59. The number of carbonyl (C=O) groups is 2. The number of amides is 1. The van der Waals surface area contributed by atoms with E-state index >= 15 is 0 Å². The van der Waals surface area contributed by atoms with Crippen LogP contribution >= 0.6 is 0 Å². The van der Waals surface area contributed by atoms with Gasteiger partial charge in [-0.05, 0) is 11.6 Å². The Bertz CT molecular complexity index is 794.